The Morgan fingerprint density at radius 1 is 1.28 bits per heavy atom. The SMILES string of the molecule is COc1ccc(CN=C(NCc2nnc(C)n2C)NC2CCC(SC)C2)cc1.I. The van der Waals surface area contributed by atoms with Crippen molar-refractivity contribution in [2.45, 2.75) is 50.6 Å². The maximum Gasteiger partial charge on any atom is 0.192 e. The Balaban J connectivity index is 0.00000300. The highest BCUT2D eigenvalue weighted by molar-refractivity contribution is 14.0. The fraction of sp³-hybridized carbons (Fsp3) is 0.550. The van der Waals surface area contributed by atoms with E-state index in [4.69, 9.17) is 9.73 Å². The molecule has 2 N–H and O–H groups in total. The highest BCUT2D eigenvalue weighted by Gasteiger charge is 2.24. The molecule has 9 heteroatoms. The summed E-state index contributed by atoms with van der Waals surface area (Å²) in [6.07, 6.45) is 5.80. The van der Waals surface area contributed by atoms with Crippen LogP contribution in [0.15, 0.2) is 29.3 Å². The molecule has 2 unspecified atom stereocenters. The van der Waals surface area contributed by atoms with Crippen LogP contribution in [0.5, 0.6) is 5.75 Å². The number of aryl methyl sites for hydroxylation is 1. The molecule has 0 saturated heterocycles. The molecule has 160 valence electrons. The van der Waals surface area contributed by atoms with Gasteiger partial charge in [0.2, 0.25) is 0 Å². The van der Waals surface area contributed by atoms with Crippen LogP contribution < -0.4 is 15.4 Å². The molecular formula is C20H31IN6OS. The zero-order valence-corrected chi connectivity index (χ0v) is 20.7. The fourth-order valence-corrected chi connectivity index (χ4v) is 4.10. The first-order valence-corrected chi connectivity index (χ1v) is 10.9. The Bertz CT molecular complexity index is 795. The van der Waals surface area contributed by atoms with Crippen LogP contribution in [0, 0.1) is 6.92 Å². The van der Waals surface area contributed by atoms with Crippen LogP contribution in [0.3, 0.4) is 0 Å². The molecule has 2 atom stereocenters. The first-order valence-electron chi connectivity index (χ1n) is 9.64. The molecule has 1 saturated carbocycles. The standard InChI is InChI=1S/C20H30N6OS.HI/c1-14-24-25-19(26(14)2)13-22-20(23-16-7-10-18(11-16)28-4)21-12-15-5-8-17(27-3)9-6-15;/h5-6,8-9,16,18H,7,10-13H2,1-4H3,(H2,21,22,23);1H. The van der Waals surface area contributed by atoms with E-state index < -0.39 is 0 Å². The molecule has 1 aliphatic carbocycles. The Morgan fingerprint density at radius 3 is 2.62 bits per heavy atom. The van der Waals surface area contributed by atoms with Crippen molar-refractivity contribution < 1.29 is 4.74 Å². The van der Waals surface area contributed by atoms with Crippen LogP contribution >= 0.6 is 35.7 Å². The maximum absolute atomic E-state index is 5.23. The molecule has 1 aromatic heterocycles. The lowest BCUT2D eigenvalue weighted by atomic mass is 10.2. The summed E-state index contributed by atoms with van der Waals surface area (Å²) in [5, 5.41) is 16.1. The summed E-state index contributed by atoms with van der Waals surface area (Å²) in [5.41, 5.74) is 1.14. The van der Waals surface area contributed by atoms with Gasteiger partial charge in [0.25, 0.3) is 0 Å². The van der Waals surface area contributed by atoms with E-state index in [-0.39, 0.29) is 24.0 Å². The minimum atomic E-state index is 0. The quantitative estimate of drug-likeness (QED) is 0.325. The third-order valence-electron chi connectivity index (χ3n) is 5.23. The minimum absolute atomic E-state index is 0. The Morgan fingerprint density at radius 2 is 2.03 bits per heavy atom. The number of rotatable bonds is 7. The van der Waals surface area contributed by atoms with Crippen LogP contribution in [0.4, 0.5) is 0 Å². The van der Waals surface area contributed by atoms with Gasteiger partial charge < -0.3 is 19.9 Å². The smallest absolute Gasteiger partial charge is 0.192 e. The number of aliphatic imine (C=N–C) groups is 1. The average molecular weight is 530 g/mol. The third-order valence-corrected chi connectivity index (χ3v) is 6.33. The molecule has 1 heterocycles. The average Bonchev–Trinajstić information content (AvgIpc) is 3.31. The Labute approximate surface area is 194 Å². The van der Waals surface area contributed by atoms with Crippen molar-refractivity contribution in [2.24, 2.45) is 12.0 Å². The Kier molecular flexibility index (Phi) is 9.54. The molecule has 0 aliphatic heterocycles. The second-order valence-electron chi connectivity index (χ2n) is 7.10. The molecule has 0 radical (unpaired) electrons. The van der Waals surface area contributed by atoms with E-state index in [2.05, 4.69) is 27.1 Å². The van der Waals surface area contributed by atoms with Gasteiger partial charge in [-0.15, -0.1) is 34.2 Å². The van der Waals surface area contributed by atoms with Crippen molar-refractivity contribution in [1.82, 2.24) is 25.4 Å². The van der Waals surface area contributed by atoms with E-state index in [0.717, 1.165) is 34.2 Å². The van der Waals surface area contributed by atoms with E-state index in [9.17, 15) is 0 Å². The lowest BCUT2D eigenvalue weighted by Gasteiger charge is -2.18. The second kappa shape index (κ2) is 11.6. The van der Waals surface area contributed by atoms with E-state index in [1.54, 1.807) is 7.11 Å². The van der Waals surface area contributed by atoms with Crippen molar-refractivity contribution in [3.63, 3.8) is 0 Å². The molecule has 29 heavy (non-hydrogen) atoms. The number of halogens is 1. The first kappa shape index (κ1) is 23.8. The van der Waals surface area contributed by atoms with Gasteiger partial charge in [0.1, 0.15) is 11.6 Å². The van der Waals surface area contributed by atoms with E-state index in [1.165, 1.54) is 19.3 Å². The highest BCUT2D eigenvalue weighted by Crippen LogP contribution is 2.28. The summed E-state index contributed by atoms with van der Waals surface area (Å²) in [6.45, 7) is 3.15. The summed E-state index contributed by atoms with van der Waals surface area (Å²) in [5.74, 6) is 3.48. The summed E-state index contributed by atoms with van der Waals surface area (Å²) < 4.78 is 7.22. The molecule has 1 aromatic carbocycles. The molecule has 0 amide bonds. The molecule has 0 bridgehead atoms. The van der Waals surface area contributed by atoms with Gasteiger partial charge >= 0.3 is 0 Å². The summed E-state index contributed by atoms with van der Waals surface area (Å²) in [6, 6.07) is 8.48. The van der Waals surface area contributed by atoms with Crippen LogP contribution in [-0.2, 0) is 20.1 Å². The number of ether oxygens (including phenoxy) is 1. The zero-order valence-electron chi connectivity index (χ0n) is 17.5. The van der Waals surface area contributed by atoms with Gasteiger partial charge in [0.05, 0.1) is 20.2 Å². The van der Waals surface area contributed by atoms with Crippen LogP contribution in [-0.4, -0.2) is 45.4 Å². The lowest BCUT2D eigenvalue weighted by molar-refractivity contribution is 0.414. The lowest BCUT2D eigenvalue weighted by Crippen LogP contribution is -2.42. The number of guanidine groups is 1. The molecule has 1 aliphatic rings. The van der Waals surface area contributed by atoms with Gasteiger partial charge in [-0.3, -0.25) is 0 Å². The molecule has 1 fully saturated rings. The molecule has 0 spiro atoms. The van der Waals surface area contributed by atoms with Gasteiger partial charge in [-0.2, -0.15) is 11.8 Å². The number of thioether (sulfide) groups is 1. The van der Waals surface area contributed by atoms with Crippen LogP contribution in [0.1, 0.15) is 36.5 Å². The number of hydrogen-bond donors (Lipinski definition) is 2. The summed E-state index contributed by atoms with van der Waals surface area (Å²) in [4.78, 5) is 4.80. The number of benzene rings is 1. The normalized spacial score (nSPS) is 19.0. The summed E-state index contributed by atoms with van der Waals surface area (Å²) in [7, 11) is 3.66. The number of nitrogens with one attached hydrogen (secondary N) is 2. The predicted molar refractivity (Wildman–Crippen MR) is 130 cm³/mol. The largest absolute Gasteiger partial charge is 0.497 e. The molecule has 7 nitrogen and oxygen atoms in total. The van der Waals surface area contributed by atoms with Gasteiger partial charge in [-0.1, -0.05) is 12.1 Å². The van der Waals surface area contributed by atoms with Crippen LogP contribution in [0.2, 0.25) is 0 Å². The first-order chi connectivity index (χ1) is 13.6. The minimum Gasteiger partial charge on any atom is -0.497 e. The van der Waals surface area contributed by atoms with Gasteiger partial charge in [0, 0.05) is 18.3 Å². The monoisotopic (exact) mass is 530 g/mol. The van der Waals surface area contributed by atoms with Crippen LogP contribution in [0.25, 0.3) is 0 Å². The van der Waals surface area contributed by atoms with Crippen molar-refractivity contribution in [1.29, 1.82) is 0 Å². The summed E-state index contributed by atoms with van der Waals surface area (Å²) >= 11 is 1.96. The number of aromatic nitrogens is 3. The highest BCUT2D eigenvalue weighted by atomic mass is 127. The molecule has 3 rings (SSSR count). The number of methoxy groups -OCH3 is 1. The fourth-order valence-electron chi connectivity index (χ4n) is 3.30. The maximum atomic E-state index is 5.23. The van der Waals surface area contributed by atoms with Crippen molar-refractivity contribution in [3.8, 4) is 5.75 Å². The number of nitrogens with zero attached hydrogens (tertiary/aromatic N) is 4. The van der Waals surface area contributed by atoms with Gasteiger partial charge in [-0.25, -0.2) is 4.99 Å². The molecule has 2 aromatic rings. The Hall–Kier alpha value is -1.49. The van der Waals surface area contributed by atoms with Crippen molar-refractivity contribution in [3.05, 3.63) is 41.5 Å². The second-order valence-corrected chi connectivity index (χ2v) is 8.24. The van der Waals surface area contributed by atoms with Crippen molar-refractivity contribution in [2.75, 3.05) is 13.4 Å². The van der Waals surface area contributed by atoms with Crippen molar-refractivity contribution >= 4 is 41.7 Å². The van der Waals surface area contributed by atoms with E-state index in [1.807, 2.05) is 54.6 Å². The topological polar surface area (TPSA) is 76.4 Å². The third kappa shape index (κ3) is 6.77. The number of hydrogen-bond acceptors (Lipinski definition) is 5. The zero-order chi connectivity index (χ0) is 19.9. The van der Waals surface area contributed by atoms with Gasteiger partial charge in [-0.05, 0) is 50.1 Å². The van der Waals surface area contributed by atoms with Gasteiger partial charge in [0.15, 0.2) is 11.8 Å². The van der Waals surface area contributed by atoms with E-state index in [0.29, 0.717) is 19.1 Å². The molecular weight excluding hydrogens is 499 g/mol. The predicted octanol–water partition coefficient (Wildman–Crippen LogP) is 3.27. The van der Waals surface area contributed by atoms with E-state index >= 15 is 0 Å².